The number of thiocarbonyl (C=S) groups is 1. The van der Waals surface area contributed by atoms with E-state index in [-0.39, 0.29) is 11.3 Å². The average molecular weight is 454 g/mol. The minimum absolute atomic E-state index is 0.0906. The molecule has 0 spiro atoms. The maximum Gasteiger partial charge on any atom is 0.266 e. The van der Waals surface area contributed by atoms with Crippen molar-refractivity contribution in [1.82, 2.24) is 4.90 Å². The van der Waals surface area contributed by atoms with Gasteiger partial charge in [0.1, 0.15) is 29.0 Å². The molecular weight excluding hydrogens is 426 g/mol. The van der Waals surface area contributed by atoms with Crippen molar-refractivity contribution in [1.29, 1.82) is 0 Å². The summed E-state index contributed by atoms with van der Waals surface area (Å²) in [5.41, 5.74) is 2.28. The molecule has 2 aromatic rings. The van der Waals surface area contributed by atoms with Crippen molar-refractivity contribution < 1.29 is 14.3 Å². The van der Waals surface area contributed by atoms with E-state index in [1.807, 2.05) is 42.5 Å². The zero-order valence-electron chi connectivity index (χ0n) is 18.1. The zero-order chi connectivity index (χ0) is 22.4. The molecule has 3 rings (SSSR count). The van der Waals surface area contributed by atoms with Crippen LogP contribution in [0.2, 0.25) is 0 Å². The normalized spacial score (nSPS) is 15.5. The second-order valence-electron chi connectivity index (χ2n) is 8.12. The number of hydrogen-bond acceptors (Lipinski definition) is 5. The summed E-state index contributed by atoms with van der Waals surface area (Å²) in [5, 5.41) is 0. The van der Waals surface area contributed by atoms with Gasteiger partial charge in [0.15, 0.2) is 0 Å². The highest BCUT2D eigenvalue weighted by Gasteiger charge is 2.30. The summed E-state index contributed by atoms with van der Waals surface area (Å²) in [5.74, 6) is 1.46. The van der Waals surface area contributed by atoms with Crippen LogP contribution in [0.3, 0.4) is 0 Å². The van der Waals surface area contributed by atoms with Crippen LogP contribution in [0, 0.1) is 0 Å². The van der Waals surface area contributed by atoms with Crippen LogP contribution in [0.15, 0.2) is 66.1 Å². The fourth-order valence-corrected chi connectivity index (χ4v) is 4.28. The van der Waals surface area contributed by atoms with Gasteiger partial charge in [0.2, 0.25) is 0 Å². The first kappa shape index (κ1) is 23.1. The van der Waals surface area contributed by atoms with Crippen LogP contribution in [0.4, 0.5) is 0 Å². The van der Waals surface area contributed by atoms with Crippen molar-refractivity contribution in [3.8, 4) is 11.5 Å². The van der Waals surface area contributed by atoms with E-state index < -0.39 is 0 Å². The summed E-state index contributed by atoms with van der Waals surface area (Å²) in [6.07, 6.45) is 3.51. The molecule has 2 aromatic carbocycles. The number of carbonyl (C=O) groups is 1. The van der Waals surface area contributed by atoms with Gasteiger partial charge < -0.3 is 9.47 Å². The molecule has 0 bridgehead atoms. The first-order chi connectivity index (χ1) is 14.8. The first-order valence-electron chi connectivity index (χ1n) is 10.1. The monoisotopic (exact) mass is 453 g/mol. The fourth-order valence-electron chi connectivity index (χ4n) is 3.00. The van der Waals surface area contributed by atoms with Gasteiger partial charge in [-0.05, 0) is 46.9 Å². The van der Waals surface area contributed by atoms with E-state index in [1.54, 1.807) is 11.0 Å². The molecule has 0 aliphatic carbocycles. The lowest BCUT2D eigenvalue weighted by Gasteiger charge is -2.19. The molecule has 0 saturated carbocycles. The van der Waals surface area contributed by atoms with Crippen molar-refractivity contribution in [3.63, 3.8) is 0 Å². The van der Waals surface area contributed by atoms with E-state index in [2.05, 4.69) is 39.5 Å². The van der Waals surface area contributed by atoms with Crippen molar-refractivity contribution in [3.05, 3.63) is 77.2 Å². The predicted octanol–water partition coefficient (Wildman–Crippen LogP) is 5.83. The molecular formula is C25H27NO3S2. The molecule has 1 amide bonds. The van der Waals surface area contributed by atoms with E-state index in [9.17, 15) is 4.79 Å². The van der Waals surface area contributed by atoms with Gasteiger partial charge in [-0.1, -0.05) is 75.1 Å². The summed E-state index contributed by atoms with van der Waals surface area (Å²) >= 11 is 6.58. The van der Waals surface area contributed by atoms with E-state index >= 15 is 0 Å². The Morgan fingerprint density at radius 3 is 2.39 bits per heavy atom. The number of nitrogens with zero attached hydrogens (tertiary/aromatic N) is 1. The number of carbonyl (C=O) groups excluding carboxylic acids is 1. The van der Waals surface area contributed by atoms with Crippen molar-refractivity contribution in [2.24, 2.45) is 0 Å². The van der Waals surface area contributed by atoms with Crippen LogP contribution in [0.5, 0.6) is 11.5 Å². The summed E-state index contributed by atoms with van der Waals surface area (Å²) in [6, 6.07) is 15.8. The maximum absolute atomic E-state index is 12.5. The quantitative estimate of drug-likeness (QED) is 0.218. The number of ether oxygens (including phenoxy) is 2. The fraction of sp³-hybridized carbons (Fsp3) is 0.280. The molecule has 4 nitrogen and oxygen atoms in total. The van der Waals surface area contributed by atoms with E-state index in [0.717, 1.165) is 17.1 Å². The Bertz CT molecular complexity index is 991. The summed E-state index contributed by atoms with van der Waals surface area (Å²) in [7, 11) is 0. The number of benzene rings is 2. The third-order valence-corrected chi connectivity index (χ3v) is 6.06. The highest BCUT2D eigenvalue weighted by Crippen LogP contribution is 2.32. The topological polar surface area (TPSA) is 38.8 Å². The van der Waals surface area contributed by atoms with Crippen LogP contribution in [-0.4, -0.2) is 34.9 Å². The van der Waals surface area contributed by atoms with Gasteiger partial charge in [0.25, 0.3) is 5.91 Å². The minimum Gasteiger partial charge on any atom is -0.490 e. The Balaban J connectivity index is 1.54. The van der Waals surface area contributed by atoms with Gasteiger partial charge >= 0.3 is 0 Å². The number of hydrogen-bond donors (Lipinski definition) is 0. The molecule has 0 aromatic heterocycles. The van der Waals surface area contributed by atoms with E-state index in [1.165, 1.54) is 17.3 Å². The van der Waals surface area contributed by atoms with Gasteiger partial charge in [-0.2, -0.15) is 0 Å². The van der Waals surface area contributed by atoms with Gasteiger partial charge in [-0.15, -0.1) is 6.58 Å². The second kappa shape index (κ2) is 10.2. The Morgan fingerprint density at radius 2 is 1.74 bits per heavy atom. The van der Waals surface area contributed by atoms with Gasteiger partial charge in [-0.25, -0.2) is 0 Å². The lowest BCUT2D eigenvalue weighted by Crippen LogP contribution is -2.27. The number of rotatable bonds is 8. The smallest absolute Gasteiger partial charge is 0.266 e. The summed E-state index contributed by atoms with van der Waals surface area (Å²) < 4.78 is 12.2. The molecule has 1 aliphatic heterocycles. The highest BCUT2D eigenvalue weighted by molar-refractivity contribution is 8.26. The van der Waals surface area contributed by atoms with Crippen molar-refractivity contribution in [2.75, 3.05) is 19.8 Å². The van der Waals surface area contributed by atoms with Crippen LogP contribution < -0.4 is 9.47 Å². The van der Waals surface area contributed by atoms with Crippen LogP contribution in [-0.2, 0) is 10.2 Å². The first-order valence-corrected chi connectivity index (χ1v) is 11.3. The Morgan fingerprint density at radius 1 is 1.06 bits per heavy atom. The Hall–Kier alpha value is -2.57. The maximum atomic E-state index is 12.5. The molecule has 0 atom stereocenters. The molecule has 1 fully saturated rings. The molecule has 31 heavy (non-hydrogen) atoms. The number of thioether (sulfide) groups is 1. The number of amides is 1. The van der Waals surface area contributed by atoms with Gasteiger partial charge in [-0.3, -0.25) is 9.69 Å². The third kappa shape index (κ3) is 6.21. The van der Waals surface area contributed by atoms with Gasteiger partial charge in [0, 0.05) is 6.54 Å². The molecule has 1 heterocycles. The van der Waals surface area contributed by atoms with Crippen LogP contribution in [0.1, 0.15) is 31.9 Å². The standard InChI is InChI=1S/C25H27NO3S2/c1-5-13-26-23(27)22(31-24(26)30)17-18-7-6-8-21(16-18)29-15-14-28-20-11-9-19(10-12-20)25(2,3)4/h5-12,16-17H,1,13-15H2,2-4H3. The van der Waals surface area contributed by atoms with Crippen LogP contribution in [0.25, 0.3) is 6.08 Å². The van der Waals surface area contributed by atoms with E-state index in [0.29, 0.717) is 29.0 Å². The minimum atomic E-state index is -0.0906. The lowest BCUT2D eigenvalue weighted by molar-refractivity contribution is -0.121. The largest absolute Gasteiger partial charge is 0.490 e. The highest BCUT2D eigenvalue weighted by atomic mass is 32.2. The van der Waals surface area contributed by atoms with Crippen LogP contribution >= 0.6 is 24.0 Å². The zero-order valence-corrected chi connectivity index (χ0v) is 19.7. The molecule has 0 unspecified atom stereocenters. The molecule has 0 N–H and O–H groups in total. The molecule has 0 radical (unpaired) electrons. The molecule has 162 valence electrons. The summed E-state index contributed by atoms with van der Waals surface area (Å²) in [4.78, 5) is 14.6. The van der Waals surface area contributed by atoms with Crippen molar-refractivity contribution >= 4 is 40.3 Å². The third-order valence-electron chi connectivity index (χ3n) is 4.68. The summed E-state index contributed by atoms with van der Waals surface area (Å²) in [6.45, 7) is 11.5. The predicted molar refractivity (Wildman–Crippen MR) is 133 cm³/mol. The van der Waals surface area contributed by atoms with Crippen molar-refractivity contribution in [2.45, 2.75) is 26.2 Å². The Labute approximate surface area is 193 Å². The molecule has 1 saturated heterocycles. The second-order valence-corrected chi connectivity index (χ2v) is 9.80. The molecule has 1 aliphatic rings. The lowest BCUT2D eigenvalue weighted by atomic mass is 9.87. The molecule has 6 heteroatoms. The average Bonchev–Trinajstić information content (AvgIpc) is 2.99. The SMILES string of the molecule is C=CCN1C(=O)C(=Cc2cccc(OCCOc3ccc(C(C)(C)C)cc3)c2)SC1=S. The van der Waals surface area contributed by atoms with E-state index in [4.69, 9.17) is 21.7 Å². The van der Waals surface area contributed by atoms with Gasteiger partial charge in [0.05, 0.1) is 4.91 Å². The Kier molecular flexibility index (Phi) is 7.57.